The largest absolute Gasteiger partial charge is 0.338 e. The predicted octanol–water partition coefficient (Wildman–Crippen LogP) is 3.03. The minimum atomic E-state index is -0.566. The second-order valence-corrected chi connectivity index (χ2v) is 6.47. The third kappa shape index (κ3) is 3.86. The minimum absolute atomic E-state index is 0.129. The maximum Gasteiger partial charge on any atom is 0.244 e. The molecule has 0 fully saturated rings. The van der Waals surface area contributed by atoms with Gasteiger partial charge < -0.3 is 4.90 Å². The van der Waals surface area contributed by atoms with Crippen LogP contribution >= 0.6 is 0 Å². The Kier molecular flexibility index (Phi) is 5.23. The van der Waals surface area contributed by atoms with E-state index in [0.717, 1.165) is 11.0 Å². The van der Waals surface area contributed by atoms with Crippen molar-refractivity contribution in [2.24, 2.45) is 0 Å². The zero-order valence-corrected chi connectivity index (χ0v) is 15.1. The molecule has 0 radical (unpaired) electrons. The summed E-state index contributed by atoms with van der Waals surface area (Å²) in [7, 11) is 5.32. The van der Waals surface area contributed by atoms with Gasteiger partial charge in [0.25, 0.3) is 0 Å². The van der Waals surface area contributed by atoms with E-state index < -0.39 is 6.04 Å². The van der Waals surface area contributed by atoms with Gasteiger partial charge in [-0.2, -0.15) is 0 Å². The van der Waals surface area contributed by atoms with Crippen molar-refractivity contribution in [3.63, 3.8) is 0 Å². The van der Waals surface area contributed by atoms with Crippen molar-refractivity contribution in [2.75, 3.05) is 21.1 Å². The highest BCUT2D eigenvalue weighted by molar-refractivity contribution is 5.83. The fourth-order valence-electron chi connectivity index (χ4n) is 2.94. The van der Waals surface area contributed by atoms with Gasteiger partial charge in [0.1, 0.15) is 11.9 Å². The molecule has 0 saturated carbocycles. The molecule has 0 aliphatic rings. The molecule has 3 rings (SSSR count). The zero-order chi connectivity index (χ0) is 18.7. The molecule has 5 nitrogen and oxygen atoms in total. The lowest BCUT2D eigenvalue weighted by molar-refractivity contribution is -0.135. The summed E-state index contributed by atoms with van der Waals surface area (Å²) in [6.07, 6.45) is 1.68. The fraction of sp³-hybridized carbons (Fsp3) is 0.250. The van der Waals surface area contributed by atoms with Gasteiger partial charge in [-0.1, -0.05) is 24.3 Å². The molecule has 1 amide bonds. The van der Waals surface area contributed by atoms with E-state index in [9.17, 15) is 9.18 Å². The van der Waals surface area contributed by atoms with Crippen molar-refractivity contribution in [1.82, 2.24) is 19.8 Å². The van der Waals surface area contributed by atoms with Crippen molar-refractivity contribution in [2.45, 2.75) is 12.6 Å². The lowest BCUT2D eigenvalue weighted by Gasteiger charge is -2.28. The minimum Gasteiger partial charge on any atom is -0.338 e. The molecule has 1 atom stereocenters. The van der Waals surface area contributed by atoms with Gasteiger partial charge in [0, 0.05) is 7.05 Å². The van der Waals surface area contributed by atoms with E-state index in [1.807, 2.05) is 24.3 Å². The zero-order valence-electron chi connectivity index (χ0n) is 15.1. The van der Waals surface area contributed by atoms with Gasteiger partial charge in [0.15, 0.2) is 0 Å². The Morgan fingerprint density at radius 2 is 1.81 bits per heavy atom. The van der Waals surface area contributed by atoms with Crippen LogP contribution in [-0.4, -0.2) is 46.8 Å². The van der Waals surface area contributed by atoms with E-state index in [0.29, 0.717) is 17.8 Å². The number of amides is 1. The second-order valence-electron chi connectivity index (χ2n) is 6.47. The molecule has 6 heteroatoms. The Morgan fingerprint density at radius 1 is 1.08 bits per heavy atom. The van der Waals surface area contributed by atoms with Gasteiger partial charge in [-0.3, -0.25) is 14.7 Å². The summed E-state index contributed by atoms with van der Waals surface area (Å²) >= 11 is 0. The summed E-state index contributed by atoms with van der Waals surface area (Å²) in [4.78, 5) is 25.3. The normalized spacial score (nSPS) is 12.3. The van der Waals surface area contributed by atoms with Crippen molar-refractivity contribution in [1.29, 1.82) is 0 Å². The lowest BCUT2D eigenvalue weighted by atomic mass is 10.0. The van der Waals surface area contributed by atoms with E-state index in [1.54, 1.807) is 49.3 Å². The van der Waals surface area contributed by atoms with Crippen LogP contribution in [0.4, 0.5) is 4.39 Å². The molecule has 0 bridgehead atoms. The molecule has 1 aromatic heterocycles. The first-order valence-corrected chi connectivity index (χ1v) is 8.33. The molecule has 0 aliphatic carbocycles. The van der Waals surface area contributed by atoms with Crippen LogP contribution in [0.1, 0.15) is 17.3 Å². The van der Waals surface area contributed by atoms with Crippen molar-refractivity contribution >= 4 is 16.9 Å². The third-order valence-electron chi connectivity index (χ3n) is 4.19. The lowest BCUT2D eigenvalue weighted by Crippen LogP contribution is -2.38. The summed E-state index contributed by atoms with van der Waals surface area (Å²) < 4.78 is 13.6. The van der Waals surface area contributed by atoms with Crippen LogP contribution in [0.3, 0.4) is 0 Å². The van der Waals surface area contributed by atoms with E-state index in [4.69, 9.17) is 0 Å². The first kappa shape index (κ1) is 17.9. The van der Waals surface area contributed by atoms with E-state index >= 15 is 0 Å². The molecular weight excluding hydrogens is 331 g/mol. The molecule has 0 N–H and O–H groups in total. The summed E-state index contributed by atoms with van der Waals surface area (Å²) in [5.74, 6) is -0.485. The van der Waals surface area contributed by atoms with Gasteiger partial charge in [-0.25, -0.2) is 9.37 Å². The number of halogens is 1. The first-order valence-electron chi connectivity index (χ1n) is 8.33. The number of para-hydroxylation sites is 2. The number of carbonyl (C=O) groups excluding carboxylic acids is 1. The van der Waals surface area contributed by atoms with E-state index in [-0.39, 0.29) is 11.7 Å². The average Bonchev–Trinajstić information content (AvgIpc) is 2.61. The quantitative estimate of drug-likeness (QED) is 0.708. The molecule has 2 aromatic carbocycles. The van der Waals surface area contributed by atoms with Gasteiger partial charge in [0.05, 0.1) is 29.5 Å². The van der Waals surface area contributed by atoms with Crippen LogP contribution < -0.4 is 0 Å². The molecule has 3 aromatic rings. The van der Waals surface area contributed by atoms with Crippen molar-refractivity contribution in [3.05, 3.63) is 71.8 Å². The van der Waals surface area contributed by atoms with Crippen LogP contribution in [0, 0.1) is 5.82 Å². The smallest absolute Gasteiger partial charge is 0.244 e. The number of likely N-dealkylation sites (N-methyl/N-ethyl adjacent to an activating group) is 2. The van der Waals surface area contributed by atoms with E-state index in [1.165, 1.54) is 12.1 Å². The fourth-order valence-corrected chi connectivity index (χ4v) is 2.94. The molecule has 26 heavy (non-hydrogen) atoms. The number of rotatable bonds is 5. The summed E-state index contributed by atoms with van der Waals surface area (Å²) in [5, 5.41) is 0. The molecule has 0 aliphatic heterocycles. The Balaban J connectivity index is 1.82. The van der Waals surface area contributed by atoms with Gasteiger partial charge >= 0.3 is 0 Å². The summed E-state index contributed by atoms with van der Waals surface area (Å²) in [6, 6.07) is 13.2. The Labute approximate surface area is 152 Å². The predicted molar refractivity (Wildman–Crippen MR) is 98.8 cm³/mol. The third-order valence-corrected chi connectivity index (χ3v) is 4.19. The van der Waals surface area contributed by atoms with Gasteiger partial charge in [0.2, 0.25) is 5.91 Å². The summed E-state index contributed by atoms with van der Waals surface area (Å²) in [6.45, 7) is 0.330. The number of hydrogen-bond donors (Lipinski definition) is 0. The number of aromatic nitrogens is 2. The van der Waals surface area contributed by atoms with E-state index in [2.05, 4.69) is 9.97 Å². The molecule has 0 saturated heterocycles. The van der Waals surface area contributed by atoms with Crippen LogP contribution in [0.15, 0.2) is 54.7 Å². The highest BCUT2D eigenvalue weighted by Crippen LogP contribution is 2.22. The average molecular weight is 352 g/mol. The number of nitrogens with zero attached hydrogens (tertiary/aromatic N) is 4. The molecule has 0 unspecified atom stereocenters. The maximum absolute atomic E-state index is 13.6. The number of hydrogen-bond acceptors (Lipinski definition) is 4. The highest BCUT2D eigenvalue weighted by Gasteiger charge is 2.26. The highest BCUT2D eigenvalue weighted by atomic mass is 19.1. The van der Waals surface area contributed by atoms with Crippen LogP contribution in [0.5, 0.6) is 0 Å². The molecule has 1 heterocycles. The SMILES string of the molecule is CN(Cc1cnc2ccccc2n1)C(=O)[C@@H](c1cccc(F)c1)N(C)C. The van der Waals surface area contributed by atoms with Crippen molar-refractivity contribution in [3.8, 4) is 0 Å². The molecule has 0 spiro atoms. The summed E-state index contributed by atoms with van der Waals surface area (Å²) in [5.41, 5.74) is 2.93. The molecular formula is C20H21FN4O. The standard InChI is InChI=1S/C20H21FN4O/c1-24(2)19(14-7-6-8-15(21)11-14)20(26)25(3)13-16-12-22-17-9-4-5-10-18(17)23-16/h4-12,19H,13H2,1-3H3/t19-/m1/s1. The maximum atomic E-state index is 13.6. The van der Waals surface area contributed by atoms with Gasteiger partial charge in [-0.15, -0.1) is 0 Å². The van der Waals surface area contributed by atoms with Crippen LogP contribution in [-0.2, 0) is 11.3 Å². The number of fused-ring (bicyclic) bond motifs is 1. The Hall–Kier alpha value is -2.86. The van der Waals surface area contributed by atoms with Crippen LogP contribution in [0.25, 0.3) is 11.0 Å². The monoisotopic (exact) mass is 352 g/mol. The number of benzene rings is 2. The topological polar surface area (TPSA) is 49.3 Å². The second kappa shape index (κ2) is 7.58. The Morgan fingerprint density at radius 3 is 2.50 bits per heavy atom. The Bertz CT molecular complexity index is 928. The van der Waals surface area contributed by atoms with Gasteiger partial charge in [-0.05, 0) is 43.9 Å². The van der Waals surface area contributed by atoms with Crippen molar-refractivity contribution < 1.29 is 9.18 Å². The molecule has 134 valence electrons. The number of carbonyl (C=O) groups is 1. The first-order chi connectivity index (χ1) is 12.5. The van der Waals surface area contributed by atoms with Crippen LogP contribution in [0.2, 0.25) is 0 Å².